The number of hydrogen-bond donors (Lipinski definition) is 1. The molecular formula is C15H17NO5. The molecule has 0 aliphatic heterocycles. The zero-order valence-corrected chi connectivity index (χ0v) is 12.1. The number of benzene rings is 1. The summed E-state index contributed by atoms with van der Waals surface area (Å²) in [4.78, 5) is 34.5. The first-order valence-corrected chi connectivity index (χ1v) is 6.23. The van der Waals surface area contributed by atoms with Crippen molar-refractivity contribution in [3.63, 3.8) is 0 Å². The predicted octanol–water partition coefficient (Wildman–Crippen LogP) is 1.92. The number of ether oxygens (including phenoxy) is 2. The van der Waals surface area contributed by atoms with E-state index in [4.69, 9.17) is 4.74 Å². The maximum atomic E-state index is 11.7. The lowest BCUT2D eigenvalue weighted by Gasteiger charge is -2.09. The highest BCUT2D eigenvalue weighted by Gasteiger charge is 2.13. The fourth-order valence-corrected chi connectivity index (χ4v) is 1.48. The quantitative estimate of drug-likeness (QED) is 0.662. The molecule has 6 nitrogen and oxygen atoms in total. The van der Waals surface area contributed by atoms with Crippen molar-refractivity contribution in [2.45, 2.75) is 13.8 Å². The first-order valence-electron chi connectivity index (χ1n) is 6.23. The highest BCUT2D eigenvalue weighted by molar-refractivity contribution is 6.02. The van der Waals surface area contributed by atoms with E-state index in [2.05, 4.69) is 10.1 Å². The monoisotopic (exact) mass is 291 g/mol. The molecule has 1 rings (SSSR count). The zero-order valence-electron chi connectivity index (χ0n) is 12.1. The fraction of sp³-hybridized carbons (Fsp3) is 0.267. The molecule has 0 saturated carbocycles. The number of allylic oxidation sites excluding steroid dienone is 1. The molecule has 21 heavy (non-hydrogen) atoms. The van der Waals surface area contributed by atoms with Crippen molar-refractivity contribution in [3.8, 4) is 0 Å². The van der Waals surface area contributed by atoms with Gasteiger partial charge in [-0.1, -0.05) is 17.7 Å². The number of anilines is 1. The second-order valence-electron chi connectivity index (χ2n) is 4.41. The second kappa shape index (κ2) is 7.84. The Bertz CT molecular complexity index is 573. The van der Waals surface area contributed by atoms with Gasteiger partial charge in [0.1, 0.15) is 0 Å². The Labute approximate surface area is 122 Å². The normalized spacial score (nSPS) is 9.48. The van der Waals surface area contributed by atoms with Crippen molar-refractivity contribution in [1.29, 1.82) is 0 Å². The lowest BCUT2D eigenvalue weighted by atomic mass is 10.2. The van der Waals surface area contributed by atoms with E-state index >= 15 is 0 Å². The van der Waals surface area contributed by atoms with Crippen molar-refractivity contribution < 1.29 is 23.9 Å². The maximum Gasteiger partial charge on any atom is 0.339 e. The minimum atomic E-state index is -0.591. The number of hydrogen-bond acceptors (Lipinski definition) is 5. The minimum Gasteiger partial charge on any atom is -0.465 e. The lowest BCUT2D eigenvalue weighted by Crippen LogP contribution is -2.21. The Morgan fingerprint density at radius 3 is 2.48 bits per heavy atom. The van der Waals surface area contributed by atoms with Crippen molar-refractivity contribution in [2.75, 3.05) is 19.0 Å². The van der Waals surface area contributed by atoms with Crippen LogP contribution >= 0.6 is 0 Å². The van der Waals surface area contributed by atoms with Crippen LogP contribution in [0.4, 0.5) is 5.69 Å². The van der Waals surface area contributed by atoms with Crippen LogP contribution in [0, 0.1) is 0 Å². The molecule has 112 valence electrons. The summed E-state index contributed by atoms with van der Waals surface area (Å²) in [5.74, 6) is -1.69. The number of carbonyl (C=O) groups is 3. The molecule has 0 radical (unpaired) electrons. The smallest absolute Gasteiger partial charge is 0.339 e. The molecule has 0 aliphatic rings. The molecule has 0 aromatic heterocycles. The molecule has 0 aliphatic carbocycles. The first-order chi connectivity index (χ1) is 9.93. The van der Waals surface area contributed by atoms with Gasteiger partial charge in [0.25, 0.3) is 5.91 Å². The molecule has 1 N–H and O–H groups in total. The summed E-state index contributed by atoms with van der Waals surface area (Å²) >= 11 is 0. The van der Waals surface area contributed by atoms with E-state index in [0.717, 1.165) is 5.57 Å². The number of esters is 2. The van der Waals surface area contributed by atoms with E-state index in [1.807, 2.05) is 0 Å². The Kier molecular flexibility index (Phi) is 6.13. The number of nitrogens with one attached hydrogen (secondary N) is 1. The first kappa shape index (κ1) is 16.4. The van der Waals surface area contributed by atoms with E-state index in [1.165, 1.54) is 19.3 Å². The number of carbonyl (C=O) groups excluding carboxylic acids is 3. The Hall–Kier alpha value is -2.63. The standard InChI is InChI=1S/C15H17NO5/c1-10(2)8-14(18)21-9-13(17)16-12-7-5-4-6-11(12)15(19)20-3/h4-8H,9H2,1-3H3,(H,16,17). The summed E-state index contributed by atoms with van der Waals surface area (Å²) in [6, 6.07) is 6.40. The van der Waals surface area contributed by atoms with E-state index < -0.39 is 24.5 Å². The summed E-state index contributed by atoms with van der Waals surface area (Å²) in [6.07, 6.45) is 1.29. The average Bonchev–Trinajstić information content (AvgIpc) is 2.44. The molecule has 0 atom stereocenters. The van der Waals surface area contributed by atoms with Gasteiger partial charge in [0.05, 0.1) is 18.4 Å². The molecule has 1 aromatic rings. The van der Waals surface area contributed by atoms with Gasteiger partial charge in [0, 0.05) is 6.08 Å². The van der Waals surface area contributed by atoms with Crippen LogP contribution in [-0.2, 0) is 19.1 Å². The van der Waals surface area contributed by atoms with Crippen LogP contribution in [0.25, 0.3) is 0 Å². The van der Waals surface area contributed by atoms with Crippen molar-refractivity contribution in [3.05, 3.63) is 41.5 Å². The van der Waals surface area contributed by atoms with Gasteiger partial charge in [0.15, 0.2) is 6.61 Å². The topological polar surface area (TPSA) is 81.7 Å². The molecule has 6 heteroatoms. The van der Waals surface area contributed by atoms with E-state index in [1.54, 1.807) is 32.0 Å². The van der Waals surface area contributed by atoms with Crippen molar-refractivity contribution in [2.24, 2.45) is 0 Å². The van der Waals surface area contributed by atoms with Gasteiger partial charge in [-0.3, -0.25) is 4.79 Å². The molecule has 0 spiro atoms. The van der Waals surface area contributed by atoms with E-state index in [0.29, 0.717) is 5.69 Å². The summed E-state index contributed by atoms with van der Waals surface area (Å²) in [6.45, 7) is 3.06. The van der Waals surface area contributed by atoms with Crippen molar-refractivity contribution >= 4 is 23.5 Å². The molecule has 1 amide bonds. The van der Waals surface area contributed by atoms with Gasteiger partial charge in [-0.15, -0.1) is 0 Å². The maximum absolute atomic E-state index is 11.7. The number of para-hydroxylation sites is 1. The van der Waals surface area contributed by atoms with Crippen LogP contribution in [-0.4, -0.2) is 31.6 Å². The van der Waals surface area contributed by atoms with Crippen molar-refractivity contribution in [1.82, 2.24) is 0 Å². The van der Waals surface area contributed by atoms with E-state index in [-0.39, 0.29) is 5.56 Å². The van der Waals surface area contributed by atoms with Gasteiger partial charge in [-0.2, -0.15) is 0 Å². The van der Waals surface area contributed by atoms with Gasteiger partial charge in [-0.25, -0.2) is 9.59 Å². The predicted molar refractivity (Wildman–Crippen MR) is 76.8 cm³/mol. The molecular weight excluding hydrogens is 274 g/mol. The highest BCUT2D eigenvalue weighted by atomic mass is 16.5. The summed E-state index contributed by atoms with van der Waals surface area (Å²) < 4.78 is 9.39. The zero-order chi connectivity index (χ0) is 15.8. The third kappa shape index (κ3) is 5.48. The summed E-state index contributed by atoms with van der Waals surface area (Å²) in [5.41, 5.74) is 1.30. The van der Waals surface area contributed by atoms with Crippen LogP contribution < -0.4 is 5.32 Å². The largest absolute Gasteiger partial charge is 0.465 e. The van der Waals surface area contributed by atoms with Gasteiger partial charge in [0.2, 0.25) is 0 Å². The number of methoxy groups -OCH3 is 1. The molecule has 0 saturated heterocycles. The van der Waals surface area contributed by atoms with Crippen LogP contribution in [0.1, 0.15) is 24.2 Å². The lowest BCUT2D eigenvalue weighted by molar-refractivity contribution is -0.142. The molecule has 0 heterocycles. The third-order valence-electron chi connectivity index (χ3n) is 2.36. The Morgan fingerprint density at radius 2 is 1.86 bits per heavy atom. The Balaban J connectivity index is 2.66. The molecule has 0 fully saturated rings. The summed E-state index contributed by atoms with van der Waals surface area (Å²) in [5, 5.41) is 2.50. The van der Waals surface area contributed by atoms with E-state index in [9.17, 15) is 14.4 Å². The molecule has 0 unspecified atom stereocenters. The fourth-order valence-electron chi connectivity index (χ4n) is 1.48. The molecule has 1 aromatic carbocycles. The van der Waals surface area contributed by atoms with Gasteiger partial charge in [-0.05, 0) is 26.0 Å². The second-order valence-corrected chi connectivity index (χ2v) is 4.41. The van der Waals surface area contributed by atoms with Gasteiger partial charge >= 0.3 is 11.9 Å². The molecule has 0 bridgehead atoms. The van der Waals surface area contributed by atoms with Crippen LogP contribution in [0.3, 0.4) is 0 Å². The van der Waals surface area contributed by atoms with Gasteiger partial charge < -0.3 is 14.8 Å². The van der Waals surface area contributed by atoms with Crippen LogP contribution in [0.15, 0.2) is 35.9 Å². The SMILES string of the molecule is COC(=O)c1ccccc1NC(=O)COC(=O)C=C(C)C. The number of amides is 1. The van der Waals surface area contributed by atoms with Crippen LogP contribution in [0.2, 0.25) is 0 Å². The highest BCUT2D eigenvalue weighted by Crippen LogP contribution is 2.15. The Morgan fingerprint density at radius 1 is 1.19 bits per heavy atom. The number of rotatable bonds is 5. The minimum absolute atomic E-state index is 0.226. The van der Waals surface area contributed by atoms with Crippen LogP contribution in [0.5, 0.6) is 0 Å². The summed E-state index contributed by atoms with van der Waals surface area (Å²) in [7, 11) is 1.25. The third-order valence-corrected chi connectivity index (χ3v) is 2.36. The average molecular weight is 291 g/mol.